The van der Waals surface area contributed by atoms with Gasteiger partial charge in [0.2, 0.25) is 0 Å². The van der Waals surface area contributed by atoms with Gasteiger partial charge in [-0.25, -0.2) is 4.79 Å². The van der Waals surface area contributed by atoms with Gasteiger partial charge in [0.1, 0.15) is 0 Å². The number of hydrogen-bond donors (Lipinski definition) is 2. The van der Waals surface area contributed by atoms with Crippen molar-refractivity contribution in [3.05, 3.63) is 0 Å². The van der Waals surface area contributed by atoms with E-state index in [4.69, 9.17) is 5.11 Å². The lowest BCUT2D eigenvalue weighted by molar-refractivity contribution is -0.146. The number of urea groups is 1. The molecule has 0 spiro atoms. The highest BCUT2D eigenvalue weighted by Gasteiger charge is 2.39. The topological polar surface area (TPSA) is 69.6 Å². The highest BCUT2D eigenvalue weighted by molar-refractivity contribution is 5.77. The third kappa shape index (κ3) is 2.46. The molecule has 1 saturated heterocycles. The molecule has 5 heteroatoms. The molecular weight excluding hydrogens is 208 g/mol. The molecule has 1 heterocycles. The molecule has 2 atom stereocenters. The first-order valence-corrected chi connectivity index (χ1v) is 5.49. The van der Waals surface area contributed by atoms with Crippen LogP contribution in [-0.4, -0.2) is 41.6 Å². The molecule has 1 aliphatic rings. The largest absolute Gasteiger partial charge is 0.481 e. The molecule has 0 aromatic heterocycles. The Morgan fingerprint density at radius 3 is 2.62 bits per heavy atom. The number of hydrogen-bond acceptors (Lipinski definition) is 2. The summed E-state index contributed by atoms with van der Waals surface area (Å²) in [5.74, 6) is -1.38. The summed E-state index contributed by atoms with van der Waals surface area (Å²) in [5.41, 5.74) is -0.326. The number of carboxylic acid groups (broad SMARTS) is 1. The smallest absolute Gasteiger partial charge is 0.317 e. The van der Waals surface area contributed by atoms with Crippen molar-refractivity contribution in [2.45, 2.75) is 33.2 Å². The second-order valence-corrected chi connectivity index (χ2v) is 5.23. The Balaban J connectivity index is 2.93. The highest BCUT2D eigenvalue weighted by Crippen LogP contribution is 2.34. The minimum atomic E-state index is -0.845. The van der Waals surface area contributed by atoms with E-state index in [9.17, 15) is 9.59 Å². The molecule has 16 heavy (non-hydrogen) atoms. The van der Waals surface area contributed by atoms with Gasteiger partial charge in [-0.1, -0.05) is 13.8 Å². The van der Waals surface area contributed by atoms with Gasteiger partial charge in [-0.3, -0.25) is 4.79 Å². The maximum atomic E-state index is 11.6. The third-order valence-electron chi connectivity index (χ3n) is 3.50. The first-order valence-electron chi connectivity index (χ1n) is 5.49. The van der Waals surface area contributed by atoms with E-state index >= 15 is 0 Å². The monoisotopic (exact) mass is 228 g/mol. The second-order valence-electron chi connectivity index (χ2n) is 5.23. The van der Waals surface area contributed by atoms with E-state index in [1.54, 1.807) is 11.9 Å². The zero-order chi connectivity index (χ0) is 12.5. The van der Waals surface area contributed by atoms with Gasteiger partial charge in [0.05, 0.1) is 5.92 Å². The maximum Gasteiger partial charge on any atom is 0.317 e. The summed E-state index contributed by atoms with van der Waals surface area (Å²) in [5, 5.41) is 11.8. The lowest BCUT2D eigenvalue weighted by Crippen LogP contribution is -2.52. The van der Waals surface area contributed by atoms with Crippen LogP contribution in [0.5, 0.6) is 0 Å². The van der Waals surface area contributed by atoms with Crippen molar-refractivity contribution in [1.29, 1.82) is 0 Å². The van der Waals surface area contributed by atoms with Gasteiger partial charge in [-0.05, 0) is 18.8 Å². The fourth-order valence-electron chi connectivity index (χ4n) is 2.25. The quantitative estimate of drug-likeness (QED) is 0.707. The minimum Gasteiger partial charge on any atom is -0.481 e. The normalized spacial score (nSPS) is 30.2. The number of aliphatic carboxylic acids is 1. The van der Waals surface area contributed by atoms with Crippen molar-refractivity contribution in [3.8, 4) is 0 Å². The summed E-state index contributed by atoms with van der Waals surface area (Å²) in [6.07, 6.45) is 0.688. The van der Waals surface area contributed by atoms with Crippen LogP contribution >= 0.6 is 0 Å². The molecule has 0 aromatic rings. The Labute approximate surface area is 95.8 Å². The van der Waals surface area contributed by atoms with Gasteiger partial charge in [-0.2, -0.15) is 0 Å². The van der Waals surface area contributed by atoms with Crippen LogP contribution < -0.4 is 5.32 Å². The van der Waals surface area contributed by atoms with E-state index < -0.39 is 11.9 Å². The maximum absolute atomic E-state index is 11.6. The minimum absolute atomic E-state index is 0.0390. The standard InChI is InChI=1S/C11H20N2O3/c1-7-5-11(2,3)8(9(14)15)6-12-10(16)13(7)4/h7-8H,5-6H2,1-4H3,(H,12,16)(H,14,15). The molecule has 1 rings (SSSR count). The first-order chi connectivity index (χ1) is 7.25. The Bertz CT molecular complexity index is 302. The Kier molecular flexibility index (Phi) is 3.45. The van der Waals surface area contributed by atoms with E-state index in [1.807, 2.05) is 20.8 Å². The van der Waals surface area contributed by atoms with Crippen LogP contribution in [0.15, 0.2) is 0 Å². The molecule has 5 nitrogen and oxygen atoms in total. The molecular formula is C11H20N2O3. The lowest BCUT2D eigenvalue weighted by atomic mass is 9.73. The molecule has 0 aromatic carbocycles. The Morgan fingerprint density at radius 1 is 1.56 bits per heavy atom. The average Bonchev–Trinajstić information content (AvgIpc) is 2.13. The summed E-state index contributed by atoms with van der Waals surface area (Å²) < 4.78 is 0. The predicted octanol–water partition coefficient (Wildman–Crippen LogP) is 1.15. The Morgan fingerprint density at radius 2 is 2.12 bits per heavy atom. The molecule has 2 N–H and O–H groups in total. The summed E-state index contributed by atoms with van der Waals surface area (Å²) >= 11 is 0. The fraction of sp³-hybridized carbons (Fsp3) is 0.818. The van der Waals surface area contributed by atoms with Gasteiger partial charge in [0.15, 0.2) is 0 Å². The zero-order valence-electron chi connectivity index (χ0n) is 10.3. The van der Waals surface area contributed by atoms with Crippen LogP contribution in [0.4, 0.5) is 4.79 Å². The van der Waals surface area contributed by atoms with Crippen molar-refractivity contribution in [1.82, 2.24) is 10.2 Å². The Hall–Kier alpha value is -1.26. The average molecular weight is 228 g/mol. The summed E-state index contributed by atoms with van der Waals surface area (Å²) in [4.78, 5) is 24.4. The molecule has 2 unspecified atom stereocenters. The van der Waals surface area contributed by atoms with Crippen LogP contribution in [0.25, 0.3) is 0 Å². The number of carbonyl (C=O) groups is 2. The van der Waals surface area contributed by atoms with E-state index in [-0.39, 0.29) is 24.0 Å². The van der Waals surface area contributed by atoms with Crippen LogP contribution in [-0.2, 0) is 4.79 Å². The van der Waals surface area contributed by atoms with E-state index in [0.29, 0.717) is 6.42 Å². The lowest BCUT2D eigenvalue weighted by Gasteiger charge is -2.39. The van der Waals surface area contributed by atoms with Gasteiger partial charge < -0.3 is 15.3 Å². The van der Waals surface area contributed by atoms with Crippen molar-refractivity contribution in [3.63, 3.8) is 0 Å². The second kappa shape index (κ2) is 4.31. The SMILES string of the molecule is CC1CC(C)(C)C(C(=O)O)CNC(=O)N1C. The summed E-state index contributed by atoms with van der Waals surface area (Å²) in [6, 6.07) is -0.161. The molecule has 1 aliphatic heterocycles. The number of nitrogens with zero attached hydrogens (tertiary/aromatic N) is 1. The van der Waals surface area contributed by atoms with Gasteiger partial charge in [0, 0.05) is 19.6 Å². The van der Waals surface area contributed by atoms with Gasteiger partial charge in [0.25, 0.3) is 0 Å². The van der Waals surface area contributed by atoms with Crippen molar-refractivity contribution < 1.29 is 14.7 Å². The van der Waals surface area contributed by atoms with Gasteiger partial charge in [-0.15, -0.1) is 0 Å². The third-order valence-corrected chi connectivity index (χ3v) is 3.50. The summed E-state index contributed by atoms with van der Waals surface area (Å²) in [6.45, 7) is 6.00. The molecule has 0 saturated carbocycles. The highest BCUT2D eigenvalue weighted by atomic mass is 16.4. The first kappa shape index (κ1) is 12.8. The van der Waals surface area contributed by atoms with E-state index in [0.717, 1.165) is 0 Å². The number of carboxylic acids is 1. The van der Waals surface area contributed by atoms with Crippen molar-refractivity contribution >= 4 is 12.0 Å². The molecule has 0 radical (unpaired) electrons. The fourth-order valence-corrected chi connectivity index (χ4v) is 2.25. The summed E-state index contributed by atoms with van der Waals surface area (Å²) in [7, 11) is 1.73. The van der Waals surface area contributed by atoms with Gasteiger partial charge >= 0.3 is 12.0 Å². The molecule has 0 bridgehead atoms. The molecule has 2 amide bonds. The number of carbonyl (C=O) groups excluding carboxylic acids is 1. The van der Waals surface area contributed by atoms with E-state index in [1.165, 1.54) is 0 Å². The van der Waals surface area contributed by atoms with Crippen LogP contribution in [0.1, 0.15) is 27.2 Å². The zero-order valence-corrected chi connectivity index (χ0v) is 10.3. The van der Waals surface area contributed by atoms with Crippen LogP contribution in [0, 0.1) is 11.3 Å². The molecule has 1 fully saturated rings. The van der Waals surface area contributed by atoms with Crippen molar-refractivity contribution in [2.24, 2.45) is 11.3 Å². The van der Waals surface area contributed by atoms with Crippen LogP contribution in [0.2, 0.25) is 0 Å². The van der Waals surface area contributed by atoms with Crippen molar-refractivity contribution in [2.75, 3.05) is 13.6 Å². The van der Waals surface area contributed by atoms with Crippen LogP contribution in [0.3, 0.4) is 0 Å². The number of amides is 2. The van der Waals surface area contributed by atoms with E-state index in [2.05, 4.69) is 5.32 Å². The number of nitrogens with one attached hydrogen (secondary N) is 1. The molecule has 0 aliphatic carbocycles. The number of rotatable bonds is 1. The predicted molar refractivity (Wildman–Crippen MR) is 60.1 cm³/mol. The molecule has 92 valence electrons.